The highest BCUT2D eigenvalue weighted by Crippen LogP contribution is 2.51. The zero-order chi connectivity index (χ0) is 29.3. The van der Waals surface area contributed by atoms with E-state index in [2.05, 4.69) is 0 Å². The number of halogens is 5. The Balaban J connectivity index is 1.53. The number of benzene rings is 2. The number of carbonyl (C=O) groups excluding carboxylic acids is 1. The number of hydrogen-bond acceptors (Lipinski definition) is 3. The molecular formula is C30H34F5NO3S. The van der Waals surface area contributed by atoms with Crippen LogP contribution < -0.4 is 0 Å². The third-order valence-electron chi connectivity index (χ3n) is 9.64. The number of sulfone groups is 1. The van der Waals surface area contributed by atoms with Crippen LogP contribution in [-0.2, 0) is 38.6 Å². The van der Waals surface area contributed by atoms with Crippen molar-refractivity contribution in [1.82, 2.24) is 4.90 Å². The second-order valence-corrected chi connectivity index (χ2v) is 14.8. The quantitative estimate of drug-likeness (QED) is 0.403. The first-order chi connectivity index (χ1) is 18.6. The Labute approximate surface area is 231 Å². The van der Waals surface area contributed by atoms with Gasteiger partial charge in [0.2, 0.25) is 11.6 Å². The van der Waals surface area contributed by atoms with Crippen molar-refractivity contribution in [3.05, 3.63) is 70.5 Å². The predicted octanol–water partition coefficient (Wildman–Crippen LogP) is 6.20. The normalized spacial score (nSPS) is 31.2. The van der Waals surface area contributed by atoms with E-state index >= 15 is 0 Å². The molecule has 1 unspecified atom stereocenters. The second-order valence-electron chi connectivity index (χ2n) is 12.0. The van der Waals surface area contributed by atoms with E-state index in [1.54, 1.807) is 32.0 Å². The number of rotatable bonds is 4. The molecule has 0 saturated carbocycles. The van der Waals surface area contributed by atoms with Gasteiger partial charge in [-0.3, -0.25) is 4.79 Å². The van der Waals surface area contributed by atoms with E-state index in [0.717, 1.165) is 11.1 Å². The minimum absolute atomic E-state index is 0.0898. The zero-order valence-electron chi connectivity index (χ0n) is 22.8. The van der Waals surface area contributed by atoms with Crippen LogP contribution in [0.4, 0.5) is 22.0 Å². The summed E-state index contributed by atoms with van der Waals surface area (Å²) >= 11 is 0. The highest BCUT2D eigenvalue weighted by molar-refractivity contribution is 7.92. The van der Waals surface area contributed by atoms with Gasteiger partial charge < -0.3 is 4.90 Å². The molecule has 6 atom stereocenters. The summed E-state index contributed by atoms with van der Waals surface area (Å²) in [5, 5.41) is -1.24. The minimum Gasteiger partial charge on any atom is -0.339 e. The summed E-state index contributed by atoms with van der Waals surface area (Å²) in [5.41, 5.74) is -2.36. The Kier molecular flexibility index (Phi) is 7.12. The molecular weight excluding hydrogens is 549 g/mol. The first kappa shape index (κ1) is 29.0. The van der Waals surface area contributed by atoms with E-state index in [-0.39, 0.29) is 30.6 Å². The van der Waals surface area contributed by atoms with Crippen LogP contribution in [0.25, 0.3) is 0 Å². The smallest absolute Gasteiger partial charge is 0.339 e. The highest BCUT2D eigenvalue weighted by Gasteiger charge is 2.56. The highest BCUT2D eigenvalue weighted by atomic mass is 32.2. The summed E-state index contributed by atoms with van der Waals surface area (Å²) in [7, 11) is -3.29. The molecule has 1 amide bonds. The molecule has 218 valence electrons. The number of nitrogens with zero attached hydrogens (tertiary/aromatic N) is 1. The number of fused-ring (bicyclic) bond motifs is 3. The van der Waals surface area contributed by atoms with Gasteiger partial charge in [0.25, 0.3) is 0 Å². The lowest BCUT2D eigenvalue weighted by Crippen LogP contribution is -2.52. The maximum atomic E-state index is 14.9. The van der Waals surface area contributed by atoms with Crippen LogP contribution in [0.3, 0.4) is 0 Å². The summed E-state index contributed by atoms with van der Waals surface area (Å²) < 4.78 is 94.2. The Hall–Kier alpha value is -2.49. The van der Waals surface area contributed by atoms with Crippen molar-refractivity contribution in [2.75, 3.05) is 6.54 Å². The fourth-order valence-corrected chi connectivity index (χ4v) is 9.05. The summed E-state index contributed by atoms with van der Waals surface area (Å²) in [5.74, 6) is -0.911. The molecule has 2 fully saturated rings. The number of hydrogen-bond donors (Lipinski definition) is 0. The fourth-order valence-electron chi connectivity index (χ4n) is 7.25. The number of carbonyl (C=O) groups is 1. The average molecular weight is 584 g/mol. The minimum atomic E-state index is -5.07. The molecule has 5 rings (SSSR count). The van der Waals surface area contributed by atoms with Gasteiger partial charge in [-0.2, -0.15) is 13.2 Å². The van der Waals surface area contributed by atoms with Crippen LogP contribution in [0.15, 0.2) is 42.5 Å². The molecule has 40 heavy (non-hydrogen) atoms. The van der Waals surface area contributed by atoms with Crippen molar-refractivity contribution in [3.63, 3.8) is 0 Å². The lowest BCUT2D eigenvalue weighted by atomic mass is 9.63. The molecule has 2 saturated heterocycles. The number of aryl methyl sites for hydroxylation is 1. The van der Waals surface area contributed by atoms with Crippen LogP contribution in [-0.4, -0.2) is 48.5 Å². The largest absolute Gasteiger partial charge is 0.426 e. The lowest BCUT2D eigenvalue weighted by Gasteiger charge is -2.45. The third-order valence-corrected chi connectivity index (χ3v) is 12.3. The zero-order valence-corrected chi connectivity index (χ0v) is 23.6. The van der Waals surface area contributed by atoms with Gasteiger partial charge in [-0.1, -0.05) is 30.3 Å². The van der Waals surface area contributed by atoms with Gasteiger partial charge >= 0.3 is 6.18 Å². The maximum absolute atomic E-state index is 14.9. The van der Waals surface area contributed by atoms with Crippen molar-refractivity contribution in [1.29, 1.82) is 0 Å². The van der Waals surface area contributed by atoms with Crippen LogP contribution in [0, 0.1) is 11.7 Å². The molecule has 0 N–H and O–H groups in total. The number of amides is 1. The first-order valence-corrected chi connectivity index (χ1v) is 15.4. The van der Waals surface area contributed by atoms with Gasteiger partial charge in [0.05, 0.1) is 10.5 Å². The van der Waals surface area contributed by atoms with Gasteiger partial charge in [0, 0.05) is 23.9 Å². The Morgan fingerprint density at radius 2 is 1.65 bits per heavy atom. The molecule has 0 radical (unpaired) electrons. The van der Waals surface area contributed by atoms with Crippen molar-refractivity contribution in [3.8, 4) is 0 Å². The molecule has 10 heteroatoms. The molecule has 0 spiro atoms. The predicted molar refractivity (Wildman–Crippen MR) is 142 cm³/mol. The van der Waals surface area contributed by atoms with Crippen LogP contribution in [0.5, 0.6) is 0 Å². The van der Waals surface area contributed by atoms with Crippen molar-refractivity contribution in [2.24, 2.45) is 5.92 Å². The summed E-state index contributed by atoms with van der Waals surface area (Å²) in [6, 6.07) is 9.87. The van der Waals surface area contributed by atoms with E-state index in [1.165, 1.54) is 24.3 Å². The standard InChI is InChI=1S/C30H34F5NO3S/c1-18-14-22(15-19(2)40(18,38)39)27(37)36-13-12-29(17-20-4-8-24(31)9-5-20)25-10-7-23(28(3,32)30(33,34)35)16-21(25)6-11-26(29)36/h4-5,7-10,16,18-19,22,26H,6,11-15,17H2,1-3H3/t18-,19+,22+,26-,28?,29-/m1/s1. The molecule has 1 aliphatic carbocycles. The number of alkyl halides is 4. The van der Waals surface area contributed by atoms with Crippen LogP contribution in [0.1, 0.15) is 68.7 Å². The van der Waals surface area contributed by atoms with Crippen molar-refractivity contribution < 1.29 is 35.2 Å². The lowest BCUT2D eigenvalue weighted by molar-refractivity contribution is -0.228. The molecule has 0 bridgehead atoms. The third kappa shape index (κ3) is 4.64. The monoisotopic (exact) mass is 583 g/mol. The average Bonchev–Trinajstić information content (AvgIpc) is 3.26. The Morgan fingerprint density at radius 3 is 2.25 bits per heavy atom. The Bertz CT molecular complexity index is 1390. The second kappa shape index (κ2) is 9.81. The number of likely N-dealkylation sites (tertiary alicyclic amines) is 1. The molecule has 2 aromatic carbocycles. The van der Waals surface area contributed by atoms with Gasteiger partial charge in [-0.25, -0.2) is 17.2 Å². The fraction of sp³-hybridized carbons (Fsp3) is 0.567. The SMILES string of the molecule is C[C@@H]1C[C@H](C(=O)N2CC[C@@]3(Cc4ccc(F)cc4)c4ccc(C(C)(F)C(F)(F)F)cc4CC[C@@H]23)C[C@H](C)S1(=O)=O. The van der Waals surface area contributed by atoms with Crippen LogP contribution >= 0.6 is 0 Å². The van der Waals surface area contributed by atoms with Gasteiger partial charge in [0.15, 0.2) is 9.84 Å². The molecule has 3 aliphatic rings. The first-order valence-electron chi connectivity index (χ1n) is 13.7. The molecule has 4 nitrogen and oxygen atoms in total. The van der Waals surface area contributed by atoms with E-state index in [9.17, 15) is 35.2 Å². The summed E-state index contributed by atoms with van der Waals surface area (Å²) in [4.78, 5) is 15.8. The van der Waals surface area contributed by atoms with Gasteiger partial charge in [-0.15, -0.1) is 0 Å². The van der Waals surface area contributed by atoms with Crippen molar-refractivity contribution in [2.45, 2.75) is 93.1 Å². The Morgan fingerprint density at radius 1 is 1.02 bits per heavy atom. The van der Waals surface area contributed by atoms with Gasteiger partial charge in [-0.05, 0) is 93.7 Å². The van der Waals surface area contributed by atoms with E-state index < -0.39 is 49.1 Å². The summed E-state index contributed by atoms with van der Waals surface area (Å²) in [6.07, 6.45) is -2.72. The molecule has 2 heterocycles. The molecule has 2 aliphatic heterocycles. The van der Waals surface area contributed by atoms with Crippen molar-refractivity contribution >= 4 is 15.7 Å². The topological polar surface area (TPSA) is 54.5 Å². The van der Waals surface area contributed by atoms with Gasteiger partial charge in [0.1, 0.15) is 5.82 Å². The molecule has 0 aromatic heterocycles. The van der Waals surface area contributed by atoms with E-state index in [1.807, 2.05) is 4.90 Å². The summed E-state index contributed by atoms with van der Waals surface area (Å²) in [6.45, 7) is 4.22. The maximum Gasteiger partial charge on any atom is 0.426 e. The van der Waals surface area contributed by atoms with E-state index in [4.69, 9.17) is 0 Å². The van der Waals surface area contributed by atoms with E-state index in [0.29, 0.717) is 44.7 Å². The molecule has 2 aromatic rings. The van der Waals surface area contributed by atoms with Crippen LogP contribution in [0.2, 0.25) is 0 Å².